The molecule has 0 bridgehead atoms. The van der Waals surface area contributed by atoms with Crippen molar-refractivity contribution in [1.29, 1.82) is 0 Å². The average molecular weight is 361 g/mol. The van der Waals surface area contributed by atoms with E-state index in [0.717, 1.165) is 59.1 Å². The number of hydrogen-bond acceptors (Lipinski definition) is 5. The van der Waals surface area contributed by atoms with Gasteiger partial charge in [-0.2, -0.15) is 5.10 Å². The fourth-order valence-corrected chi connectivity index (χ4v) is 3.55. The van der Waals surface area contributed by atoms with Gasteiger partial charge in [-0.15, -0.1) is 10.2 Å². The molecule has 7 nitrogen and oxygen atoms in total. The monoisotopic (exact) mass is 361 g/mol. The van der Waals surface area contributed by atoms with Crippen molar-refractivity contribution in [2.24, 2.45) is 7.05 Å². The highest BCUT2D eigenvalue weighted by Crippen LogP contribution is 2.36. The molecule has 1 aliphatic rings. The second-order valence-electron chi connectivity index (χ2n) is 6.59. The van der Waals surface area contributed by atoms with Crippen LogP contribution in [0.5, 0.6) is 17.2 Å². The average Bonchev–Trinajstić information content (AvgIpc) is 3.40. The van der Waals surface area contributed by atoms with Crippen molar-refractivity contribution in [2.75, 3.05) is 6.61 Å². The molecule has 4 aromatic rings. The maximum Gasteiger partial charge on any atom is 0.163 e. The number of nitrogens with zero attached hydrogens (tertiary/aromatic N) is 5. The highest BCUT2D eigenvalue weighted by molar-refractivity contribution is 5.89. The van der Waals surface area contributed by atoms with Crippen LogP contribution in [0, 0.1) is 0 Å². The van der Waals surface area contributed by atoms with Gasteiger partial charge in [0.2, 0.25) is 0 Å². The van der Waals surface area contributed by atoms with Gasteiger partial charge in [0.05, 0.1) is 12.8 Å². The van der Waals surface area contributed by atoms with Crippen LogP contribution in [0.15, 0.2) is 42.9 Å². The van der Waals surface area contributed by atoms with Crippen LogP contribution in [0.2, 0.25) is 0 Å². The number of hydrogen-bond donors (Lipinski definition) is 0. The van der Waals surface area contributed by atoms with Crippen molar-refractivity contribution in [3.05, 3.63) is 48.4 Å². The van der Waals surface area contributed by atoms with Crippen LogP contribution in [0.25, 0.3) is 22.3 Å². The first-order valence-corrected chi connectivity index (χ1v) is 9.00. The Morgan fingerprint density at radius 1 is 1.22 bits per heavy atom. The number of benzene rings is 2. The number of fused-ring (bicyclic) bond motifs is 2. The molecule has 0 saturated carbocycles. The van der Waals surface area contributed by atoms with Crippen LogP contribution >= 0.6 is 0 Å². The summed E-state index contributed by atoms with van der Waals surface area (Å²) in [6.45, 7) is 3.60. The van der Waals surface area contributed by atoms with E-state index in [-0.39, 0.29) is 0 Å². The molecule has 0 radical (unpaired) electrons. The van der Waals surface area contributed by atoms with Crippen molar-refractivity contribution in [3.8, 4) is 28.6 Å². The Labute approximate surface area is 156 Å². The Morgan fingerprint density at radius 3 is 3.04 bits per heavy atom. The van der Waals surface area contributed by atoms with Gasteiger partial charge >= 0.3 is 0 Å². The molecule has 5 rings (SSSR count). The number of rotatable bonds is 4. The van der Waals surface area contributed by atoms with Gasteiger partial charge in [-0.3, -0.25) is 4.68 Å². The van der Waals surface area contributed by atoms with Crippen LogP contribution in [-0.4, -0.2) is 31.2 Å². The van der Waals surface area contributed by atoms with Gasteiger partial charge < -0.3 is 14.0 Å². The molecule has 1 aliphatic heterocycles. The van der Waals surface area contributed by atoms with Crippen LogP contribution < -0.4 is 9.47 Å². The lowest BCUT2D eigenvalue weighted by molar-refractivity contribution is 0.356. The van der Waals surface area contributed by atoms with Crippen molar-refractivity contribution >= 4 is 10.9 Å². The fraction of sp³-hybridized carbons (Fsp3) is 0.250. The van der Waals surface area contributed by atoms with E-state index in [2.05, 4.69) is 28.3 Å². The van der Waals surface area contributed by atoms with E-state index in [1.54, 1.807) is 6.33 Å². The topological polar surface area (TPSA) is 67.0 Å². The first kappa shape index (κ1) is 15.9. The van der Waals surface area contributed by atoms with Crippen LogP contribution in [-0.2, 0) is 20.0 Å². The molecule has 2 aromatic heterocycles. The van der Waals surface area contributed by atoms with Gasteiger partial charge in [-0.1, -0.05) is 0 Å². The van der Waals surface area contributed by atoms with E-state index >= 15 is 0 Å². The number of ether oxygens (including phenoxy) is 2. The third-order valence-corrected chi connectivity index (χ3v) is 4.90. The highest BCUT2D eigenvalue weighted by Gasteiger charge is 2.17. The predicted molar refractivity (Wildman–Crippen MR) is 101 cm³/mol. The van der Waals surface area contributed by atoms with Gasteiger partial charge in [0, 0.05) is 36.5 Å². The second-order valence-corrected chi connectivity index (χ2v) is 6.59. The minimum Gasteiger partial charge on any atom is -0.493 e. The maximum absolute atomic E-state index is 6.29. The lowest BCUT2D eigenvalue weighted by Gasteiger charge is -2.12. The van der Waals surface area contributed by atoms with Crippen molar-refractivity contribution in [1.82, 2.24) is 24.5 Å². The zero-order valence-electron chi connectivity index (χ0n) is 15.2. The molecule has 0 saturated heterocycles. The Balaban J connectivity index is 1.63. The first-order valence-electron chi connectivity index (χ1n) is 9.00. The SMILES string of the molecule is CCn1cnnc1-c1cc(Oc2ccc3c(c2)CCO3)c2c(cnn2C)c1. The van der Waals surface area contributed by atoms with Crippen LogP contribution in [0.4, 0.5) is 0 Å². The van der Waals surface area contributed by atoms with Crippen LogP contribution in [0.1, 0.15) is 12.5 Å². The summed E-state index contributed by atoms with van der Waals surface area (Å²) in [5.74, 6) is 3.29. The summed E-state index contributed by atoms with van der Waals surface area (Å²) >= 11 is 0. The third kappa shape index (κ3) is 2.63. The summed E-state index contributed by atoms with van der Waals surface area (Å²) in [5.41, 5.74) is 3.07. The van der Waals surface area contributed by atoms with Gasteiger partial charge in [-0.25, -0.2) is 0 Å². The summed E-state index contributed by atoms with van der Waals surface area (Å²) in [7, 11) is 1.92. The fourth-order valence-electron chi connectivity index (χ4n) is 3.55. The minimum atomic E-state index is 0.729. The van der Waals surface area contributed by atoms with Crippen molar-refractivity contribution < 1.29 is 9.47 Å². The Kier molecular flexibility index (Phi) is 3.60. The second kappa shape index (κ2) is 6.12. The molecule has 136 valence electrons. The number of aromatic nitrogens is 5. The zero-order chi connectivity index (χ0) is 18.4. The Bertz CT molecular complexity index is 1140. The molecule has 0 spiro atoms. The van der Waals surface area contributed by atoms with Gasteiger partial charge in [0.15, 0.2) is 11.6 Å². The molecule has 0 unspecified atom stereocenters. The zero-order valence-corrected chi connectivity index (χ0v) is 15.2. The summed E-state index contributed by atoms with van der Waals surface area (Å²) in [4.78, 5) is 0. The molecule has 0 amide bonds. The lowest BCUT2D eigenvalue weighted by Crippen LogP contribution is -1.98. The van der Waals surface area contributed by atoms with E-state index in [4.69, 9.17) is 9.47 Å². The molecule has 2 aromatic carbocycles. The molecular formula is C20H19N5O2. The Hall–Kier alpha value is -3.35. The molecule has 0 aliphatic carbocycles. The standard InChI is InChI=1S/C20H19N5O2/c1-3-25-12-21-23-20(25)14-8-15-11-22-24(2)19(15)18(10-14)27-16-4-5-17-13(9-16)6-7-26-17/h4-5,8-12H,3,6-7H2,1-2H3. The predicted octanol–water partition coefficient (Wildman–Crippen LogP) is 3.58. The Morgan fingerprint density at radius 2 is 2.15 bits per heavy atom. The van der Waals surface area contributed by atoms with Crippen molar-refractivity contribution in [2.45, 2.75) is 19.9 Å². The normalized spacial score (nSPS) is 13.0. The van der Waals surface area contributed by atoms with Gasteiger partial charge in [0.25, 0.3) is 0 Å². The van der Waals surface area contributed by atoms with Gasteiger partial charge in [0.1, 0.15) is 23.3 Å². The third-order valence-electron chi connectivity index (χ3n) is 4.90. The van der Waals surface area contributed by atoms with E-state index in [9.17, 15) is 0 Å². The largest absolute Gasteiger partial charge is 0.493 e. The lowest BCUT2D eigenvalue weighted by atomic mass is 10.1. The molecule has 7 heteroatoms. The van der Waals surface area contributed by atoms with Crippen molar-refractivity contribution in [3.63, 3.8) is 0 Å². The molecular weight excluding hydrogens is 342 g/mol. The molecule has 0 fully saturated rings. The maximum atomic E-state index is 6.29. The summed E-state index contributed by atoms with van der Waals surface area (Å²) in [6.07, 6.45) is 4.49. The quantitative estimate of drug-likeness (QED) is 0.556. The number of aryl methyl sites for hydroxylation is 2. The molecule has 0 N–H and O–H groups in total. The van der Waals surface area contributed by atoms with Crippen LogP contribution in [0.3, 0.4) is 0 Å². The smallest absolute Gasteiger partial charge is 0.163 e. The molecule has 0 atom stereocenters. The minimum absolute atomic E-state index is 0.729. The van der Waals surface area contributed by atoms with E-state index in [1.807, 2.05) is 46.8 Å². The van der Waals surface area contributed by atoms with Gasteiger partial charge in [-0.05, 0) is 37.3 Å². The van der Waals surface area contributed by atoms with E-state index in [0.29, 0.717) is 0 Å². The first-order chi connectivity index (χ1) is 13.2. The molecule has 3 heterocycles. The van der Waals surface area contributed by atoms with E-state index in [1.165, 1.54) is 5.56 Å². The summed E-state index contributed by atoms with van der Waals surface area (Å²) in [5, 5.41) is 13.7. The highest BCUT2D eigenvalue weighted by atomic mass is 16.5. The van der Waals surface area contributed by atoms with E-state index < -0.39 is 0 Å². The summed E-state index contributed by atoms with van der Waals surface area (Å²) in [6, 6.07) is 10.0. The summed E-state index contributed by atoms with van der Waals surface area (Å²) < 4.78 is 15.7. The molecule has 27 heavy (non-hydrogen) atoms.